The molecule has 2 aromatic carbocycles. The maximum absolute atomic E-state index is 13.8. The Balaban J connectivity index is 1.79. The molecule has 7 heteroatoms. The van der Waals surface area contributed by atoms with E-state index in [0.717, 1.165) is 16.1 Å². The topological polar surface area (TPSA) is 46.9 Å². The van der Waals surface area contributed by atoms with Crippen molar-refractivity contribution in [3.63, 3.8) is 0 Å². The highest BCUT2D eigenvalue weighted by Gasteiger charge is 2.14. The number of hydrogen-bond acceptors (Lipinski definition) is 2. The Kier molecular flexibility index (Phi) is 4.97. The van der Waals surface area contributed by atoms with E-state index in [0.29, 0.717) is 17.4 Å². The van der Waals surface area contributed by atoms with Crippen LogP contribution < -0.4 is 5.32 Å². The van der Waals surface area contributed by atoms with Crippen LogP contribution in [0.25, 0.3) is 0 Å². The maximum Gasteiger partial charge on any atom is 0.259 e. The molecule has 122 valence electrons. The predicted octanol–water partition coefficient (Wildman–Crippen LogP) is 4.74. The average Bonchev–Trinajstić information content (AvgIpc) is 2.98. The molecular weight excluding hydrogens is 397 g/mol. The first-order valence-corrected chi connectivity index (χ1v) is 8.23. The summed E-state index contributed by atoms with van der Waals surface area (Å²) in [6.45, 7) is 0.480. The van der Waals surface area contributed by atoms with Crippen LogP contribution in [0.4, 0.5) is 10.2 Å². The molecule has 0 radical (unpaired) electrons. The van der Waals surface area contributed by atoms with Crippen LogP contribution in [0.1, 0.15) is 15.9 Å². The van der Waals surface area contributed by atoms with Gasteiger partial charge >= 0.3 is 0 Å². The molecule has 0 atom stereocenters. The third-order valence-electron chi connectivity index (χ3n) is 3.38. The number of carbonyl (C=O) groups excluding carboxylic acids is 1. The molecule has 1 aromatic heterocycles. The largest absolute Gasteiger partial charge is 0.307 e. The van der Waals surface area contributed by atoms with E-state index in [1.807, 2.05) is 24.3 Å². The van der Waals surface area contributed by atoms with Crippen molar-refractivity contribution in [1.29, 1.82) is 0 Å². The molecule has 0 saturated carbocycles. The van der Waals surface area contributed by atoms with Crippen LogP contribution in [0.3, 0.4) is 0 Å². The lowest BCUT2D eigenvalue weighted by molar-refractivity contribution is 0.102. The molecule has 0 saturated heterocycles. The quantitative estimate of drug-likeness (QED) is 0.678. The van der Waals surface area contributed by atoms with Crippen LogP contribution in [-0.2, 0) is 6.54 Å². The van der Waals surface area contributed by atoms with Gasteiger partial charge in [-0.3, -0.25) is 4.79 Å². The number of halogens is 3. The Bertz CT molecular complexity index is 880. The summed E-state index contributed by atoms with van der Waals surface area (Å²) in [4.78, 5) is 12.3. The standard InChI is InChI=1S/C17H12BrClFN3O/c18-12-3-1-11(2-4-12)10-23-16(7-8-21-23)22-17(24)14-9-13(19)5-6-15(14)20/h1-9H,10H2,(H,22,24). The van der Waals surface area contributed by atoms with Crippen LogP contribution in [0.5, 0.6) is 0 Å². The number of anilines is 1. The van der Waals surface area contributed by atoms with Gasteiger partial charge in [0.05, 0.1) is 18.3 Å². The molecule has 4 nitrogen and oxygen atoms in total. The third-order valence-corrected chi connectivity index (χ3v) is 4.14. The fourth-order valence-corrected chi connectivity index (χ4v) is 2.62. The number of nitrogens with one attached hydrogen (secondary N) is 1. The highest BCUT2D eigenvalue weighted by molar-refractivity contribution is 9.10. The van der Waals surface area contributed by atoms with Gasteiger partial charge in [0.2, 0.25) is 0 Å². The molecule has 3 rings (SSSR count). The van der Waals surface area contributed by atoms with Crippen molar-refractivity contribution in [2.75, 3.05) is 5.32 Å². The van der Waals surface area contributed by atoms with Crippen molar-refractivity contribution in [3.8, 4) is 0 Å². The first-order chi connectivity index (χ1) is 11.5. The Morgan fingerprint density at radius 3 is 2.71 bits per heavy atom. The Labute approximate surface area is 151 Å². The van der Waals surface area contributed by atoms with Crippen molar-refractivity contribution in [1.82, 2.24) is 9.78 Å². The second-order valence-electron chi connectivity index (χ2n) is 5.08. The zero-order valence-corrected chi connectivity index (χ0v) is 14.7. The van der Waals surface area contributed by atoms with Gasteiger partial charge in [-0.05, 0) is 35.9 Å². The number of benzene rings is 2. The molecule has 0 unspecified atom stereocenters. The Hall–Kier alpha value is -2.18. The Morgan fingerprint density at radius 2 is 1.96 bits per heavy atom. The number of rotatable bonds is 4. The molecule has 1 N–H and O–H groups in total. The van der Waals surface area contributed by atoms with E-state index < -0.39 is 11.7 Å². The van der Waals surface area contributed by atoms with Crippen molar-refractivity contribution < 1.29 is 9.18 Å². The average molecular weight is 409 g/mol. The van der Waals surface area contributed by atoms with Gasteiger partial charge in [0.1, 0.15) is 11.6 Å². The van der Waals surface area contributed by atoms with Gasteiger partial charge < -0.3 is 5.32 Å². The van der Waals surface area contributed by atoms with Crippen molar-refractivity contribution in [2.24, 2.45) is 0 Å². The summed E-state index contributed by atoms with van der Waals surface area (Å²) in [5, 5.41) is 7.15. The predicted molar refractivity (Wildman–Crippen MR) is 94.8 cm³/mol. The van der Waals surface area contributed by atoms with E-state index in [1.54, 1.807) is 16.9 Å². The number of amides is 1. The number of aromatic nitrogens is 2. The third kappa shape index (κ3) is 3.83. The van der Waals surface area contributed by atoms with Gasteiger partial charge in [-0.2, -0.15) is 5.10 Å². The molecule has 3 aromatic rings. The molecule has 0 aliphatic carbocycles. The smallest absolute Gasteiger partial charge is 0.259 e. The normalized spacial score (nSPS) is 10.6. The molecule has 0 spiro atoms. The minimum absolute atomic E-state index is 0.112. The summed E-state index contributed by atoms with van der Waals surface area (Å²) in [6, 6.07) is 13.3. The van der Waals surface area contributed by atoms with Gasteiger partial charge in [0.25, 0.3) is 5.91 Å². The van der Waals surface area contributed by atoms with E-state index >= 15 is 0 Å². The second-order valence-corrected chi connectivity index (χ2v) is 6.43. The summed E-state index contributed by atoms with van der Waals surface area (Å²) >= 11 is 9.21. The molecule has 0 aliphatic rings. The molecular formula is C17H12BrClFN3O. The molecule has 1 amide bonds. The van der Waals surface area contributed by atoms with Crippen LogP contribution >= 0.6 is 27.5 Å². The van der Waals surface area contributed by atoms with Gasteiger partial charge in [0, 0.05) is 15.6 Å². The van der Waals surface area contributed by atoms with E-state index in [1.165, 1.54) is 12.1 Å². The molecule has 0 fully saturated rings. The lowest BCUT2D eigenvalue weighted by Crippen LogP contribution is -2.17. The minimum Gasteiger partial charge on any atom is -0.307 e. The van der Waals surface area contributed by atoms with Crippen molar-refractivity contribution >= 4 is 39.3 Å². The summed E-state index contributed by atoms with van der Waals surface area (Å²) in [5.74, 6) is -0.731. The second kappa shape index (κ2) is 7.15. The molecule has 0 bridgehead atoms. The zero-order valence-electron chi connectivity index (χ0n) is 12.3. The van der Waals surface area contributed by atoms with Gasteiger partial charge in [0.15, 0.2) is 0 Å². The maximum atomic E-state index is 13.8. The molecule has 1 heterocycles. The van der Waals surface area contributed by atoms with E-state index in [2.05, 4.69) is 26.3 Å². The van der Waals surface area contributed by atoms with Crippen molar-refractivity contribution in [2.45, 2.75) is 6.54 Å². The lowest BCUT2D eigenvalue weighted by Gasteiger charge is -2.10. The Morgan fingerprint density at radius 1 is 1.21 bits per heavy atom. The first kappa shape index (κ1) is 16.7. The molecule has 24 heavy (non-hydrogen) atoms. The van der Waals surface area contributed by atoms with E-state index in [4.69, 9.17) is 11.6 Å². The fourth-order valence-electron chi connectivity index (χ4n) is 2.18. The van der Waals surface area contributed by atoms with Gasteiger partial charge in [-0.25, -0.2) is 9.07 Å². The summed E-state index contributed by atoms with van der Waals surface area (Å²) < 4.78 is 16.4. The lowest BCUT2D eigenvalue weighted by atomic mass is 10.2. The monoisotopic (exact) mass is 407 g/mol. The van der Waals surface area contributed by atoms with Crippen LogP contribution in [0.2, 0.25) is 5.02 Å². The van der Waals surface area contributed by atoms with Crippen LogP contribution in [0.15, 0.2) is 59.2 Å². The minimum atomic E-state index is -0.629. The van der Waals surface area contributed by atoms with Gasteiger partial charge in [-0.1, -0.05) is 39.7 Å². The van der Waals surface area contributed by atoms with Gasteiger partial charge in [-0.15, -0.1) is 0 Å². The highest BCUT2D eigenvalue weighted by Crippen LogP contribution is 2.18. The van der Waals surface area contributed by atoms with Crippen molar-refractivity contribution in [3.05, 3.63) is 81.2 Å². The zero-order chi connectivity index (χ0) is 17.1. The number of carbonyl (C=O) groups is 1. The number of nitrogens with zero attached hydrogens (tertiary/aromatic N) is 2. The SMILES string of the molecule is O=C(Nc1ccnn1Cc1ccc(Br)cc1)c1cc(Cl)ccc1F. The highest BCUT2D eigenvalue weighted by atomic mass is 79.9. The van der Waals surface area contributed by atoms with Crippen LogP contribution in [-0.4, -0.2) is 15.7 Å². The van der Waals surface area contributed by atoms with E-state index in [9.17, 15) is 9.18 Å². The van der Waals surface area contributed by atoms with Crippen LogP contribution in [0, 0.1) is 5.82 Å². The summed E-state index contributed by atoms with van der Waals surface area (Å²) in [5.41, 5.74) is 0.908. The fraction of sp³-hybridized carbons (Fsp3) is 0.0588. The summed E-state index contributed by atoms with van der Waals surface area (Å²) in [6.07, 6.45) is 1.57. The summed E-state index contributed by atoms with van der Waals surface area (Å²) in [7, 11) is 0. The van der Waals surface area contributed by atoms with E-state index in [-0.39, 0.29) is 5.56 Å². The molecule has 0 aliphatic heterocycles. The number of hydrogen-bond donors (Lipinski definition) is 1. The first-order valence-electron chi connectivity index (χ1n) is 7.05.